The molecule has 0 fully saturated rings. The summed E-state index contributed by atoms with van der Waals surface area (Å²) in [6.45, 7) is 3.60. The van der Waals surface area contributed by atoms with Crippen LogP contribution in [0.2, 0.25) is 0 Å². The summed E-state index contributed by atoms with van der Waals surface area (Å²) < 4.78 is 26.2. The summed E-state index contributed by atoms with van der Waals surface area (Å²) in [6.07, 6.45) is 7.35. The van der Waals surface area contributed by atoms with Crippen LogP contribution < -0.4 is 16.7 Å². The van der Waals surface area contributed by atoms with E-state index in [2.05, 4.69) is 4.98 Å². The van der Waals surface area contributed by atoms with Gasteiger partial charge in [0, 0.05) is 25.1 Å². The molecular weight excluding hydrogens is 486 g/mol. The van der Waals surface area contributed by atoms with Gasteiger partial charge in [-0.3, -0.25) is 29.6 Å². The molecular formula is C24H33N5O6S. The van der Waals surface area contributed by atoms with Gasteiger partial charge in [0.25, 0.3) is 0 Å². The van der Waals surface area contributed by atoms with E-state index in [0.29, 0.717) is 5.56 Å². The Balaban J connectivity index is 2.76. The number of hydrogen-bond donors (Lipinski definition) is 4. The van der Waals surface area contributed by atoms with Gasteiger partial charge in [-0.25, -0.2) is 24.7 Å². The number of nitrogens with one attached hydrogen (secondary N) is 2. The molecule has 1 unspecified atom stereocenters. The van der Waals surface area contributed by atoms with E-state index >= 15 is 0 Å². The molecule has 0 aliphatic heterocycles. The second-order valence-corrected chi connectivity index (χ2v) is 11.3. The van der Waals surface area contributed by atoms with Gasteiger partial charge < -0.3 is 0 Å². The van der Waals surface area contributed by atoms with Crippen LogP contribution in [0.4, 0.5) is 0 Å². The molecule has 11 nitrogen and oxygen atoms in total. The van der Waals surface area contributed by atoms with Gasteiger partial charge in [0.1, 0.15) is 11.1 Å². The molecule has 196 valence electrons. The van der Waals surface area contributed by atoms with E-state index in [0.717, 1.165) is 6.26 Å². The molecule has 1 heterocycles. The smallest absolute Gasteiger partial charge is 0.249 e. The number of benzene rings is 1. The van der Waals surface area contributed by atoms with Crippen molar-refractivity contribution in [3.8, 4) is 0 Å². The maximum Gasteiger partial charge on any atom is 0.249 e. The van der Waals surface area contributed by atoms with Gasteiger partial charge in [-0.05, 0) is 24.3 Å². The standard InChI is InChI=1S/C24H33N5O6S/c1-17(2)15-19(22(31)27-25)21(23(32)28-33)24(36(3,34)35,11-9-18-7-5-4-6-8-18)12-10-20(30)29-14-13-26-16-29/h4-9,11,13-14,16-17,19,21,33H,10,12,15,25H2,1-3H3,(H,27,31)(H,28,32)/b11-9+/t19-,21+,24?/m1/s1. The predicted octanol–water partition coefficient (Wildman–Crippen LogP) is 1.57. The third kappa shape index (κ3) is 6.86. The molecule has 1 aromatic heterocycles. The molecule has 0 saturated heterocycles. The number of nitrogens with two attached hydrogens (primary N) is 1. The first-order chi connectivity index (χ1) is 17.0. The van der Waals surface area contributed by atoms with Crippen LogP contribution in [0.3, 0.4) is 0 Å². The molecule has 2 amide bonds. The summed E-state index contributed by atoms with van der Waals surface area (Å²) in [5, 5.41) is 9.62. The number of nitrogens with zero attached hydrogens (tertiary/aromatic N) is 2. The largest absolute Gasteiger partial charge is 0.294 e. The van der Waals surface area contributed by atoms with Crippen molar-refractivity contribution in [2.45, 2.75) is 37.9 Å². The zero-order chi connectivity index (χ0) is 26.9. The molecule has 5 N–H and O–H groups in total. The second-order valence-electron chi connectivity index (χ2n) is 9.03. The van der Waals surface area contributed by atoms with Gasteiger partial charge in [0.15, 0.2) is 9.84 Å². The Labute approximate surface area is 210 Å². The summed E-state index contributed by atoms with van der Waals surface area (Å²) in [4.78, 5) is 42.7. The molecule has 1 aromatic carbocycles. The molecule has 2 aromatic rings. The summed E-state index contributed by atoms with van der Waals surface area (Å²) >= 11 is 0. The molecule has 0 saturated carbocycles. The van der Waals surface area contributed by atoms with E-state index in [4.69, 9.17) is 5.84 Å². The van der Waals surface area contributed by atoms with Crippen LogP contribution in [0.15, 0.2) is 55.1 Å². The van der Waals surface area contributed by atoms with Crippen LogP contribution in [0.1, 0.15) is 43.5 Å². The van der Waals surface area contributed by atoms with Crippen LogP contribution in [-0.4, -0.2) is 51.9 Å². The topological polar surface area (TPSA) is 173 Å². The van der Waals surface area contributed by atoms with Gasteiger partial charge in [-0.2, -0.15) is 0 Å². The third-order valence-electron chi connectivity index (χ3n) is 6.10. The Morgan fingerprint density at radius 3 is 2.36 bits per heavy atom. The molecule has 36 heavy (non-hydrogen) atoms. The highest BCUT2D eigenvalue weighted by molar-refractivity contribution is 7.92. The Kier molecular flexibility index (Phi) is 10.1. The molecule has 0 aliphatic rings. The Hall–Kier alpha value is -3.35. The van der Waals surface area contributed by atoms with Crippen LogP contribution in [0, 0.1) is 17.8 Å². The highest BCUT2D eigenvalue weighted by Crippen LogP contribution is 2.41. The highest BCUT2D eigenvalue weighted by Gasteiger charge is 2.54. The first-order valence-corrected chi connectivity index (χ1v) is 13.3. The molecule has 0 spiro atoms. The molecule has 3 atom stereocenters. The minimum Gasteiger partial charge on any atom is -0.294 e. The molecule has 0 bridgehead atoms. The van der Waals surface area contributed by atoms with Gasteiger partial charge >= 0.3 is 0 Å². The van der Waals surface area contributed by atoms with Gasteiger partial charge in [-0.1, -0.05) is 56.3 Å². The first kappa shape index (κ1) is 28.9. The lowest BCUT2D eigenvalue weighted by Gasteiger charge is -2.39. The second kappa shape index (κ2) is 12.6. The fourth-order valence-corrected chi connectivity index (χ4v) is 5.87. The normalized spacial score (nSPS) is 15.3. The number of carbonyl (C=O) groups is 3. The van der Waals surface area contributed by atoms with E-state index in [1.165, 1.54) is 40.9 Å². The van der Waals surface area contributed by atoms with Crippen LogP contribution in [-0.2, 0) is 19.4 Å². The number of amides is 2. The summed E-state index contributed by atoms with van der Waals surface area (Å²) in [6, 6.07) is 8.77. The minimum atomic E-state index is -4.19. The minimum absolute atomic E-state index is 0.0903. The quantitative estimate of drug-likeness (QED) is 0.141. The van der Waals surface area contributed by atoms with Crippen LogP contribution in [0.5, 0.6) is 0 Å². The zero-order valence-corrected chi connectivity index (χ0v) is 21.3. The van der Waals surface area contributed by atoms with Crippen molar-refractivity contribution in [3.63, 3.8) is 0 Å². The Morgan fingerprint density at radius 1 is 1.19 bits per heavy atom. The number of hydrazine groups is 1. The van der Waals surface area contributed by atoms with Crippen molar-refractivity contribution >= 4 is 33.6 Å². The van der Waals surface area contributed by atoms with Crippen LogP contribution in [0.25, 0.3) is 6.08 Å². The fourth-order valence-electron chi connectivity index (χ4n) is 4.35. The zero-order valence-electron chi connectivity index (χ0n) is 20.5. The molecule has 2 rings (SSSR count). The Morgan fingerprint density at radius 2 is 1.86 bits per heavy atom. The summed E-state index contributed by atoms with van der Waals surface area (Å²) in [5.41, 5.74) is 4.18. The first-order valence-electron chi connectivity index (χ1n) is 11.4. The van der Waals surface area contributed by atoms with E-state index in [1.807, 2.05) is 5.43 Å². The van der Waals surface area contributed by atoms with Crippen molar-refractivity contribution < 1.29 is 28.0 Å². The van der Waals surface area contributed by atoms with E-state index in [-0.39, 0.29) is 25.2 Å². The lowest BCUT2D eigenvalue weighted by atomic mass is 9.73. The van der Waals surface area contributed by atoms with Crippen molar-refractivity contribution in [1.82, 2.24) is 20.5 Å². The van der Waals surface area contributed by atoms with E-state index in [1.54, 1.807) is 44.2 Å². The number of carbonyl (C=O) groups excluding carboxylic acids is 3. The fraction of sp³-hybridized carbons (Fsp3) is 0.417. The molecule has 0 radical (unpaired) electrons. The van der Waals surface area contributed by atoms with Crippen molar-refractivity contribution in [2.75, 3.05) is 6.26 Å². The summed E-state index contributed by atoms with van der Waals surface area (Å²) in [7, 11) is -4.19. The maximum absolute atomic E-state index is 13.5. The summed E-state index contributed by atoms with van der Waals surface area (Å²) in [5.74, 6) is 0.120. The van der Waals surface area contributed by atoms with Gasteiger partial charge in [0.05, 0.1) is 11.8 Å². The number of sulfone groups is 1. The number of rotatable bonds is 12. The lowest BCUT2D eigenvalue weighted by Crippen LogP contribution is -2.57. The molecule has 0 aliphatic carbocycles. The Bertz CT molecular complexity index is 1160. The lowest BCUT2D eigenvalue weighted by molar-refractivity contribution is -0.142. The monoisotopic (exact) mass is 519 g/mol. The maximum atomic E-state index is 13.5. The molecule has 12 heteroatoms. The van der Waals surface area contributed by atoms with Gasteiger partial charge in [0.2, 0.25) is 17.7 Å². The van der Waals surface area contributed by atoms with Crippen molar-refractivity contribution in [3.05, 3.63) is 60.7 Å². The average molecular weight is 520 g/mol. The van der Waals surface area contributed by atoms with Crippen molar-refractivity contribution in [1.29, 1.82) is 0 Å². The SMILES string of the molecule is CC(C)C[C@@H](C(=O)NN)[C@@H](C(=O)NO)C(/C=C/c1ccccc1)(CCC(=O)n1ccnc1)S(C)(=O)=O. The van der Waals surface area contributed by atoms with Crippen molar-refractivity contribution in [2.24, 2.45) is 23.6 Å². The highest BCUT2D eigenvalue weighted by atomic mass is 32.2. The number of hydrogen-bond acceptors (Lipinski definition) is 8. The number of aromatic nitrogens is 2. The van der Waals surface area contributed by atoms with Crippen LogP contribution >= 0.6 is 0 Å². The average Bonchev–Trinajstić information content (AvgIpc) is 3.38. The third-order valence-corrected chi connectivity index (χ3v) is 8.07. The van der Waals surface area contributed by atoms with Gasteiger partial charge in [-0.15, -0.1) is 0 Å². The predicted molar refractivity (Wildman–Crippen MR) is 134 cm³/mol. The number of hydroxylamine groups is 1. The number of imidazole rings is 1. The van der Waals surface area contributed by atoms with E-state index in [9.17, 15) is 28.0 Å². The van der Waals surface area contributed by atoms with E-state index < -0.39 is 44.1 Å².